The topological polar surface area (TPSA) is 41.6 Å². The minimum absolute atomic E-state index is 0.347. The van der Waals surface area contributed by atoms with Crippen LogP contribution in [0.5, 0.6) is 0 Å². The number of amides is 1. The molecule has 0 aromatic heterocycles. The Labute approximate surface area is 115 Å². The van der Waals surface area contributed by atoms with Crippen LogP contribution in [-0.2, 0) is 9.53 Å². The van der Waals surface area contributed by atoms with Crippen molar-refractivity contribution in [3.05, 3.63) is 0 Å². The predicted octanol–water partition coefficient (Wildman–Crippen LogP) is 1.40. The van der Waals surface area contributed by atoms with E-state index in [9.17, 15) is 4.79 Å². The molecule has 0 aromatic carbocycles. The molecule has 108 valence electrons. The molecule has 1 amide bonds. The second kappa shape index (κ2) is 6.23. The Balaban J connectivity index is 1.44. The van der Waals surface area contributed by atoms with Gasteiger partial charge in [-0.1, -0.05) is 0 Å². The van der Waals surface area contributed by atoms with Crippen molar-refractivity contribution in [2.24, 2.45) is 11.8 Å². The van der Waals surface area contributed by atoms with Gasteiger partial charge < -0.3 is 15.0 Å². The summed E-state index contributed by atoms with van der Waals surface area (Å²) in [6.07, 6.45) is 6.62. The van der Waals surface area contributed by atoms with Crippen LogP contribution in [0.2, 0.25) is 0 Å². The fraction of sp³-hybridized carbons (Fsp3) is 0.933. The van der Waals surface area contributed by atoms with Crippen LogP contribution in [0.3, 0.4) is 0 Å². The van der Waals surface area contributed by atoms with Gasteiger partial charge in [-0.15, -0.1) is 0 Å². The summed E-state index contributed by atoms with van der Waals surface area (Å²) in [7, 11) is 0. The van der Waals surface area contributed by atoms with E-state index in [1.807, 2.05) is 0 Å². The molecule has 3 fully saturated rings. The van der Waals surface area contributed by atoms with E-state index in [1.165, 1.54) is 19.3 Å². The standard InChI is InChI=1S/C15H26N2O2/c18-15(4-3-14-2-1-9-19-14)17-7-5-12-10-16-11-13(12)6-8-17/h12-14,16H,1-11H2/t12-,13+,14?. The molecule has 0 aromatic rings. The van der Waals surface area contributed by atoms with Gasteiger partial charge in [-0.3, -0.25) is 4.79 Å². The minimum Gasteiger partial charge on any atom is -0.378 e. The molecular weight excluding hydrogens is 240 g/mol. The molecule has 3 saturated heterocycles. The van der Waals surface area contributed by atoms with Gasteiger partial charge in [-0.25, -0.2) is 0 Å². The maximum absolute atomic E-state index is 12.3. The van der Waals surface area contributed by atoms with Crippen LogP contribution in [0, 0.1) is 11.8 Å². The Morgan fingerprint density at radius 2 is 1.89 bits per heavy atom. The average molecular weight is 266 g/mol. The summed E-state index contributed by atoms with van der Waals surface area (Å²) < 4.78 is 5.60. The third-order valence-electron chi connectivity index (χ3n) is 5.08. The summed E-state index contributed by atoms with van der Waals surface area (Å²) >= 11 is 0. The smallest absolute Gasteiger partial charge is 0.222 e. The molecule has 3 atom stereocenters. The summed E-state index contributed by atoms with van der Waals surface area (Å²) in [6.45, 7) is 5.13. The number of carbonyl (C=O) groups is 1. The normalized spacial score (nSPS) is 35.2. The van der Waals surface area contributed by atoms with Crippen molar-refractivity contribution in [3.63, 3.8) is 0 Å². The zero-order valence-corrected chi connectivity index (χ0v) is 11.8. The highest BCUT2D eigenvalue weighted by Crippen LogP contribution is 2.27. The number of ether oxygens (including phenoxy) is 1. The first-order valence-electron chi connectivity index (χ1n) is 7.93. The fourth-order valence-corrected chi connectivity index (χ4v) is 3.78. The van der Waals surface area contributed by atoms with E-state index in [0.717, 1.165) is 57.5 Å². The molecule has 4 nitrogen and oxygen atoms in total. The Morgan fingerprint density at radius 3 is 2.53 bits per heavy atom. The fourth-order valence-electron chi connectivity index (χ4n) is 3.78. The second-order valence-corrected chi connectivity index (χ2v) is 6.31. The molecular formula is C15H26N2O2. The zero-order valence-electron chi connectivity index (χ0n) is 11.8. The molecule has 0 aliphatic carbocycles. The zero-order chi connectivity index (χ0) is 13.1. The van der Waals surface area contributed by atoms with Crippen LogP contribution in [0.15, 0.2) is 0 Å². The lowest BCUT2D eigenvalue weighted by molar-refractivity contribution is -0.131. The van der Waals surface area contributed by atoms with Crippen LogP contribution < -0.4 is 5.32 Å². The highest BCUT2D eigenvalue weighted by Gasteiger charge is 2.31. The van der Waals surface area contributed by atoms with Crippen molar-refractivity contribution in [3.8, 4) is 0 Å². The second-order valence-electron chi connectivity index (χ2n) is 6.31. The van der Waals surface area contributed by atoms with Crippen LogP contribution in [0.1, 0.15) is 38.5 Å². The molecule has 3 heterocycles. The van der Waals surface area contributed by atoms with E-state index < -0.39 is 0 Å². The number of hydrogen-bond donors (Lipinski definition) is 1. The van der Waals surface area contributed by atoms with E-state index in [4.69, 9.17) is 4.74 Å². The number of nitrogens with one attached hydrogen (secondary N) is 1. The van der Waals surface area contributed by atoms with E-state index >= 15 is 0 Å². The average Bonchev–Trinajstić information content (AvgIpc) is 3.05. The van der Waals surface area contributed by atoms with Crippen LogP contribution in [0.25, 0.3) is 0 Å². The maximum Gasteiger partial charge on any atom is 0.222 e. The largest absolute Gasteiger partial charge is 0.378 e. The third kappa shape index (κ3) is 3.29. The summed E-state index contributed by atoms with van der Waals surface area (Å²) in [5.41, 5.74) is 0. The van der Waals surface area contributed by atoms with Crippen molar-refractivity contribution in [2.45, 2.75) is 44.6 Å². The molecule has 3 aliphatic heterocycles. The number of rotatable bonds is 3. The SMILES string of the molecule is O=C(CCC1CCCO1)N1CC[C@@H]2CNC[C@@H]2CC1. The van der Waals surface area contributed by atoms with Gasteiger partial charge in [0.1, 0.15) is 0 Å². The van der Waals surface area contributed by atoms with Crippen molar-refractivity contribution in [1.29, 1.82) is 0 Å². The molecule has 1 unspecified atom stereocenters. The van der Waals surface area contributed by atoms with Crippen LogP contribution in [0.4, 0.5) is 0 Å². The molecule has 3 rings (SSSR count). The monoisotopic (exact) mass is 266 g/mol. The third-order valence-corrected chi connectivity index (χ3v) is 5.08. The predicted molar refractivity (Wildman–Crippen MR) is 73.9 cm³/mol. The molecule has 4 heteroatoms. The summed E-state index contributed by atoms with van der Waals surface area (Å²) in [5, 5.41) is 3.48. The molecule has 0 saturated carbocycles. The van der Waals surface area contributed by atoms with E-state index in [0.29, 0.717) is 18.4 Å². The van der Waals surface area contributed by atoms with Crippen molar-refractivity contribution in [2.75, 3.05) is 32.8 Å². The minimum atomic E-state index is 0.347. The van der Waals surface area contributed by atoms with E-state index in [1.54, 1.807) is 0 Å². The number of nitrogens with zero attached hydrogens (tertiary/aromatic N) is 1. The first-order chi connectivity index (χ1) is 9.33. The van der Waals surface area contributed by atoms with Crippen molar-refractivity contribution < 1.29 is 9.53 Å². The van der Waals surface area contributed by atoms with Gasteiger partial charge in [-0.05, 0) is 57.0 Å². The van der Waals surface area contributed by atoms with Crippen LogP contribution in [-0.4, -0.2) is 49.7 Å². The Hall–Kier alpha value is -0.610. The lowest BCUT2D eigenvalue weighted by atomic mass is 9.92. The number of hydrogen-bond acceptors (Lipinski definition) is 3. The van der Waals surface area contributed by atoms with Gasteiger partial charge in [0.05, 0.1) is 6.10 Å². The van der Waals surface area contributed by atoms with Crippen LogP contribution >= 0.6 is 0 Å². The van der Waals surface area contributed by atoms with Gasteiger partial charge in [0.15, 0.2) is 0 Å². The van der Waals surface area contributed by atoms with Gasteiger partial charge >= 0.3 is 0 Å². The maximum atomic E-state index is 12.3. The quantitative estimate of drug-likeness (QED) is 0.839. The highest BCUT2D eigenvalue weighted by atomic mass is 16.5. The number of fused-ring (bicyclic) bond motifs is 1. The van der Waals surface area contributed by atoms with Gasteiger partial charge in [0.25, 0.3) is 0 Å². The van der Waals surface area contributed by atoms with Gasteiger partial charge in [-0.2, -0.15) is 0 Å². The number of likely N-dealkylation sites (tertiary alicyclic amines) is 1. The lowest BCUT2D eigenvalue weighted by Gasteiger charge is -2.21. The van der Waals surface area contributed by atoms with E-state index in [-0.39, 0.29) is 0 Å². The number of carbonyl (C=O) groups excluding carboxylic acids is 1. The summed E-state index contributed by atoms with van der Waals surface area (Å²) in [5.74, 6) is 1.95. The highest BCUT2D eigenvalue weighted by molar-refractivity contribution is 5.76. The van der Waals surface area contributed by atoms with Gasteiger partial charge in [0.2, 0.25) is 5.91 Å². The molecule has 3 aliphatic rings. The van der Waals surface area contributed by atoms with Crippen molar-refractivity contribution in [1.82, 2.24) is 10.2 Å². The summed E-state index contributed by atoms with van der Waals surface area (Å²) in [4.78, 5) is 14.4. The molecule has 0 radical (unpaired) electrons. The molecule has 1 N–H and O–H groups in total. The van der Waals surface area contributed by atoms with E-state index in [2.05, 4.69) is 10.2 Å². The Bertz CT molecular complexity index is 301. The first kappa shape index (κ1) is 13.4. The summed E-state index contributed by atoms with van der Waals surface area (Å²) in [6, 6.07) is 0. The first-order valence-corrected chi connectivity index (χ1v) is 7.93. The Morgan fingerprint density at radius 1 is 1.16 bits per heavy atom. The molecule has 0 spiro atoms. The molecule has 0 bridgehead atoms. The lowest BCUT2D eigenvalue weighted by Crippen LogP contribution is -2.33. The Kier molecular flexibility index (Phi) is 4.38. The van der Waals surface area contributed by atoms with Crippen molar-refractivity contribution >= 4 is 5.91 Å². The molecule has 19 heavy (non-hydrogen) atoms. The van der Waals surface area contributed by atoms with Gasteiger partial charge in [0, 0.05) is 26.1 Å².